The first-order valence-electron chi connectivity index (χ1n) is 11.7. The number of nitrogens with zero attached hydrogens (tertiary/aromatic N) is 3. The van der Waals surface area contributed by atoms with Crippen molar-refractivity contribution in [2.45, 2.75) is 39.2 Å². The van der Waals surface area contributed by atoms with Crippen molar-refractivity contribution >= 4 is 29.3 Å². The fourth-order valence-corrected chi connectivity index (χ4v) is 5.60. The van der Waals surface area contributed by atoms with Gasteiger partial charge in [-0.05, 0) is 44.7 Å². The zero-order valence-corrected chi connectivity index (χ0v) is 20.1. The Morgan fingerprint density at radius 2 is 1.94 bits per heavy atom. The van der Waals surface area contributed by atoms with Crippen LogP contribution in [0.1, 0.15) is 50.5 Å². The number of allylic oxidation sites excluding steroid dienone is 1. The van der Waals surface area contributed by atoms with E-state index in [9.17, 15) is 9.59 Å². The van der Waals surface area contributed by atoms with Crippen molar-refractivity contribution in [3.05, 3.63) is 84.7 Å². The second-order valence-electron chi connectivity index (χ2n) is 8.44. The van der Waals surface area contributed by atoms with Crippen molar-refractivity contribution in [1.82, 2.24) is 4.57 Å². The first-order valence-corrected chi connectivity index (χ1v) is 12.5. The Bertz CT molecular complexity index is 1410. The van der Waals surface area contributed by atoms with Crippen LogP contribution in [0.25, 0.3) is 6.08 Å². The van der Waals surface area contributed by atoms with E-state index < -0.39 is 12.0 Å². The number of benzene rings is 1. The van der Waals surface area contributed by atoms with Crippen LogP contribution >= 0.6 is 11.3 Å². The number of carbonyl (C=O) groups is 1. The molecule has 2 aliphatic heterocycles. The molecule has 0 N–H and O–H groups in total. The molecule has 2 aliphatic rings. The Hall–Kier alpha value is -3.39. The summed E-state index contributed by atoms with van der Waals surface area (Å²) in [6, 6.07) is 12.8. The van der Waals surface area contributed by atoms with E-state index in [-0.39, 0.29) is 12.2 Å². The molecule has 1 fully saturated rings. The maximum absolute atomic E-state index is 13.6. The van der Waals surface area contributed by atoms with Crippen molar-refractivity contribution in [2.75, 3.05) is 24.6 Å². The molecular formula is C26H27N3O4S. The normalized spacial score (nSPS) is 18.6. The molecule has 176 valence electrons. The number of hydrogen-bond acceptors (Lipinski definition) is 7. The van der Waals surface area contributed by atoms with Crippen LogP contribution < -0.4 is 19.8 Å². The van der Waals surface area contributed by atoms with E-state index in [0.717, 1.165) is 37.4 Å². The van der Waals surface area contributed by atoms with E-state index in [1.165, 1.54) is 17.8 Å². The van der Waals surface area contributed by atoms with Crippen LogP contribution in [0.3, 0.4) is 0 Å². The summed E-state index contributed by atoms with van der Waals surface area (Å²) >= 11 is 1.30. The minimum Gasteiger partial charge on any atom is -0.463 e. The lowest BCUT2D eigenvalue weighted by Gasteiger charge is -2.25. The Balaban J connectivity index is 1.60. The van der Waals surface area contributed by atoms with Crippen molar-refractivity contribution < 1.29 is 13.9 Å². The zero-order chi connectivity index (χ0) is 23.7. The molecule has 8 heteroatoms. The number of esters is 1. The highest BCUT2D eigenvalue weighted by Gasteiger charge is 2.33. The molecular weight excluding hydrogens is 450 g/mol. The molecule has 0 aliphatic carbocycles. The summed E-state index contributed by atoms with van der Waals surface area (Å²) in [5.41, 5.74) is 1.57. The second-order valence-corrected chi connectivity index (χ2v) is 9.45. The van der Waals surface area contributed by atoms with Gasteiger partial charge in [-0.15, -0.1) is 0 Å². The minimum atomic E-state index is -0.598. The molecule has 34 heavy (non-hydrogen) atoms. The van der Waals surface area contributed by atoms with Gasteiger partial charge in [0.1, 0.15) is 5.76 Å². The molecule has 3 aromatic rings. The van der Waals surface area contributed by atoms with Gasteiger partial charge >= 0.3 is 5.97 Å². The number of fused-ring (bicyclic) bond motifs is 1. The quantitative estimate of drug-likeness (QED) is 0.527. The minimum absolute atomic E-state index is 0.206. The topological polar surface area (TPSA) is 77.0 Å². The van der Waals surface area contributed by atoms with E-state index in [0.29, 0.717) is 26.4 Å². The number of carbonyl (C=O) groups excluding carboxylic acids is 1. The fraction of sp³-hybridized carbons (Fsp3) is 0.346. The van der Waals surface area contributed by atoms with Gasteiger partial charge in [-0.25, -0.2) is 9.79 Å². The SMILES string of the molecule is CCOC(=O)C1=C(C)N=c2sc(=Cc3ccc(N4CCCCC4)o3)c(=O)n2C1c1ccccc1. The van der Waals surface area contributed by atoms with Gasteiger partial charge < -0.3 is 14.1 Å². The van der Waals surface area contributed by atoms with Crippen LogP contribution in [0.5, 0.6) is 0 Å². The summed E-state index contributed by atoms with van der Waals surface area (Å²) < 4.78 is 13.5. The number of ether oxygens (including phenoxy) is 1. The highest BCUT2D eigenvalue weighted by molar-refractivity contribution is 7.07. The second kappa shape index (κ2) is 9.46. The lowest BCUT2D eigenvalue weighted by Crippen LogP contribution is -2.39. The monoisotopic (exact) mass is 477 g/mol. The largest absolute Gasteiger partial charge is 0.463 e. The Kier molecular flexibility index (Phi) is 6.24. The molecule has 4 heterocycles. The van der Waals surface area contributed by atoms with Crippen LogP contribution in [-0.4, -0.2) is 30.2 Å². The molecule has 0 spiro atoms. The summed E-state index contributed by atoms with van der Waals surface area (Å²) in [5, 5.41) is 0. The average Bonchev–Trinajstić information content (AvgIpc) is 3.44. The summed E-state index contributed by atoms with van der Waals surface area (Å²) in [6.07, 6.45) is 5.34. The lowest BCUT2D eigenvalue weighted by molar-refractivity contribution is -0.139. The molecule has 5 rings (SSSR count). The highest BCUT2D eigenvalue weighted by atomic mass is 32.1. The third-order valence-electron chi connectivity index (χ3n) is 6.19. The van der Waals surface area contributed by atoms with E-state index in [2.05, 4.69) is 9.89 Å². The van der Waals surface area contributed by atoms with Gasteiger partial charge in [0, 0.05) is 25.2 Å². The van der Waals surface area contributed by atoms with Crippen molar-refractivity contribution in [1.29, 1.82) is 0 Å². The van der Waals surface area contributed by atoms with Gasteiger partial charge in [0.05, 0.1) is 28.5 Å². The van der Waals surface area contributed by atoms with E-state index in [1.807, 2.05) is 42.5 Å². The van der Waals surface area contributed by atoms with Gasteiger partial charge in [0.15, 0.2) is 10.7 Å². The molecule has 1 saturated heterocycles. The molecule has 0 radical (unpaired) electrons. The summed E-state index contributed by atoms with van der Waals surface area (Å²) in [5.74, 6) is 1.01. The fourth-order valence-electron chi connectivity index (χ4n) is 4.58. The maximum Gasteiger partial charge on any atom is 0.338 e. The third kappa shape index (κ3) is 4.14. The predicted molar refractivity (Wildman–Crippen MR) is 132 cm³/mol. The average molecular weight is 478 g/mol. The smallest absolute Gasteiger partial charge is 0.338 e. The number of rotatable bonds is 5. The van der Waals surface area contributed by atoms with E-state index >= 15 is 0 Å². The Morgan fingerprint density at radius 1 is 1.18 bits per heavy atom. The third-order valence-corrected chi connectivity index (χ3v) is 7.17. The van der Waals surface area contributed by atoms with Crippen LogP contribution in [0.4, 0.5) is 5.88 Å². The zero-order valence-electron chi connectivity index (χ0n) is 19.3. The predicted octanol–water partition coefficient (Wildman–Crippen LogP) is 3.38. The summed E-state index contributed by atoms with van der Waals surface area (Å²) in [4.78, 5) is 33.9. The lowest BCUT2D eigenvalue weighted by atomic mass is 9.96. The summed E-state index contributed by atoms with van der Waals surface area (Å²) in [7, 11) is 0. The molecule has 0 bridgehead atoms. The molecule has 1 aromatic carbocycles. The maximum atomic E-state index is 13.6. The first kappa shape index (κ1) is 22.4. The van der Waals surface area contributed by atoms with Crippen molar-refractivity contribution in [3.8, 4) is 0 Å². The Labute approximate surface area is 201 Å². The van der Waals surface area contributed by atoms with Gasteiger partial charge in [0.2, 0.25) is 0 Å². The van der Waals surface area contributed by atoms with Crippen LogP contribution in [0.15, 0.2) is 67.9 Å². The van der Waals surface area contributed by atoms with Gasteiger partial charge in [-0.3, -0.25) is 9.36 Å². The summed E-state index contributed by atoms with van der Waals surface area (Å²) in [6.45, 7) is 5.78. The standard InChI is InChI=1S/C26H27N3O4S/c1-3-32-25(31)22-17(2)27-26-29(23(22)18-10-6-4-7-11-18)24(30)20(34-26)16-19-12-13-21(33-19)28-14-8-5-9-15-28/h4,6-7,10-13,16,23H,3,5,8-9,14-15H2,1-2H3. The molecule has 7 nitrogen and oxygen atoms in total. The van der Waals surface area contributed by atoms with Gasteiger partial charge in [-0.2, -0.15) is 0 Å². The van der Waals surface area contributed by atoms with E-state index in [1.54, 1.807) is 24.5 Å². The van der Waals surface area contributed by atoms with Gasteiger partial charge in [0.25, 0.3) is 5.56 Å². The van der Waals surface area contributed by atoms with Crippen molar-refractivity contribution in [3.63, 3.8) is 0 Å². The number of thiazole rings is 1. The molecule has 0 amide bonds. The number of anilines is 1. The first-order chi connectivity index (χ1) is 16.6. The molecule has 1 atom stereocenters. The molecule has 2 aromatic heterocycles. The van der Waals surface area contributed by atoms with Crippen LogP contribution in [-0.2, 0) is 9.53 Å². The van der Waals surface area contributed by atoms with Gasteiger partial charge in [-0.1, -0.05) is 41.7 Å². The molecule has 1 unspecified atom stereocenters. The number of piperidine rings is 1. The number of furan rings is 1. The van der Waals surface area contributed by atoms with Crippen molar-refractivity contribution in [2.24, 2.45) is 4.99 Å². The number of aromatic nitrogens is 1. The highest BCUT2D eigenvalue weighted by Crippen LogP contribution is 2.30. The van der Waals surface area contributed by atoms with Crippen LogP contribution in [0, 0.1) is 0 Å². The van der Waals surface area contributed by atoms with Crippen LogP contribution in [0.2, 0.25) is 0 Å². The van der Waals surface area contributed by atoms with E-state index in [4.69, 9.17) is 9.15 Å². The Morgan fingerprint density at radius 3 is 2.68 bits per heavy atom. The molecule has 0 saturated carbocycles. The number of hydrogen-bond donors (Lipinski definition) is 0.